The lowest BCUT2D eigenvalue weighted by atomic mass is 9.99. The number of H-pyrrole nitrogens is 1. The molecule has 2 aliphatic rings. The zero-order valence-corrected chi connectivity index (χ0v) is 13.7. The maximum Gasteiger partial charge on any atom is 0.0925 e. The van der Waals surface area contributed by atoms with Crippen LogP contribution in [0.4, 0.5) is 0 Å². The Kier molecular flexibility index (Phi) is 4.44. The van der Waals surface area contributed by atoms with Crippen LogP contribution in [-0.2, 0) is 19.4 Å². The van der Waals surface area contributed by atoms with Gasteiger partial charge < -0.3 is 9.88 Å². The van der Waals surface area contributed by atoms with Gasteiger partial charge in [0.15, 0.2) is 0 Å². The third-order valence-corrected chi connectivity index (χ3v) is 5.44. The Hall–Kier alpha value is -1.65. The molecule has 0 atom stereocenters. The number of piperidine rings is 1. The van der Waals surface area contributed by atoms with Crippen molar-refractivity contribution in [1.29, 1.82) is 0 Å². The molecule has 2 aromatic rings. The van der Waals surface area contributed by atoms with Gasteiger partial charge in [-0.3, -0.25) is 4.90 Å². The first-order chi connectivity index (χ1) is 11.4. The van der Waals surface area contributed by atoms with E-state index in [4.69, 9.17) is 0 Å². The van der Waals surface area contributed by atoms with Gasteiger partial charge in [0.2, 0.25) is 0 Å². The second-order valence-corrected chi connectivity index (χ2v) is 6.86. The van der Waals surface area contributed by atoms with E-state index >= 15 is 0 Å². The fraction of sp³-hybridized carbons (Fsp3) is 0.526. The molecule has 4 nitrogen and oxygen atoms in total. The molecular weight excluding hydrogens is 284 g/mol. The van der Waals surface area contributed by atoms with Crippen molar-refractivity contribution in [2.75, 3.05) is 26.2 Å². The van der Waals surface area contributed by atoms with Gasteiger partial charge in [-0.15, -0.1) is 0 Å². The number of rotatable bonds is 4. The third-order valence-electron chi connectivity index (χ3n) is 5.44. The number of imidazole rings is 1. The zero-order valence-electron chi connectivity index (χ0n) is 13.7. The van der Waals surface area contributed by atoms with Crippen molar-refractivity contribution in [3.63, 3.8) is 0 Å². The summed E-state index contributed by atoms with van der Waals surface area (Å²) in [6.07, 6.45) is 6.73. The van der Waals surface area contributed by atoms with Gasteiger partial charge >= 0.3 is 0 Å². The van der Waals surface area contributed by atoms with Gasteiger partial charge in [0, 0.05) is 32.1 Å². The second kappa shape index (κ2) is 6.85. The summed E-state index contributed by atoms with van der Waals surface area (Å²) in [4.78, 5) is 13.0. The average molecular weight is 310 g/mol. The Balaban J connectivity index is 1.25. The lowest BCUT2D eigenvalue weighted by molar-refractivity contribution is 0.0974. The smallest absolute Gasteiger partial charge is 0.0925 e. The van der Waals surface area contributed by atoms with E-state index in [1.165, 1.54) is 62.4 Å². The van der Waals surface area contributed by atoms with E-state index in [1.54, 1.807) is 0 Å². The van der Waals surface area contributed by atoms with Gasteiger partial charge in [0.25, 0.3) is 0 Å². The number of fused-ring (bicyclic) bond motifs is 1. The molecule has 1 N–H and O–H groups in total. The molecule has 1 aromatic carbocycles. The minimum Gasteiger partial charge on any atom is -0.347 e. The molecule has 2 aliphatic heterocycles. The summed E-state index contributed by atoms with van der Waals surface area (Å²) in [6.45, 7) is 5.91. The highest BCUT2D eigenvalue weighted by Crippen LogP contribution is 2.23. The molecule has 4 rings (SSSR count). The lowest BCUT2D eigenvalue weighted by Gasteiger charge is -2.39. The van der Waals surface area contributed by atoms with Crippen LogP contribution in [0.1, 0.15) is 29.8 Å². The van der Waals surface area contributed by atoms with Crippen LogP contribution < -0.4 is 0 Å². The van der Waals surface area contributed by atoms with E-state index in [0.717, 1.165) is 19.0 Å². The zero-order chi connectivity index (χ0) is 15.5. The molecule has 0 saturated carbocycles. The molecule has 122 valence electrons. The molecule has 0 aliphatic carbocycles. The van der Waals surface area contributed by atoms with Crippen molar-refractivity contribution >= 4 is 0 Å². The van der Waals surface area contributed by atoms with Crippen LogP contribution in [-0.4, -0.2) is 52.0 Å². The van der Waals surface area contributed by atoms with Gasteiger partial charge in [-0.1, -0.05) is 30.3 Å². The first kappa shape index (κ1) is 14.9. The van der Waals surface area contributed by atoms with Crippen molar-refractivity contribution in [3.05, 3.63) is 53.6 Å². The molecule has 0 spiro atoms. The largest absolute Gasteiger partial charge is 0.347 e. The van der Waals surface area contributed by atoms with Crippen LogP contribution >= 0.6 is 0 Å². The Morgan fingerprint density at radius 1 is 1.09 bits per heavy atom. The summed E-state index contributed by atoms with van der Waals surface area (Å²) >= 11 is 0. The molecule has 0 amide bonds. The van der Waals surface area contributed by atoms with Crippen LogP contribution in [0.2, 0.25) is 0 Å². The minimum absolute atomic E-state index is 0.749. The molecule has 4 heteroatoms. The first-order valence-electron chi connectivity index (χ1n) is 8.90. The quantitative estimate of drug-likeness (QED) is 0.942. The topological polar surface area (TPSA) is 35.2 Å². The molecule has 3 heterocycles. The van der Waals surface area contributed by atoms with Gasteiger partial charge in [0.1, 0.15) is 0 Å². The Morgan fingerprint density at radius 3 is 2.74 bits per heavy atom. The summed E-state index contributed by atoms with van der Waals surface area (Å²) < 4.78 is 0. The van der Waals surface area contributed by atoms with Gasteiger partial charge in [0.05, 0.1) is 17.7 Å². The van der Waals surface area contributed by atoms with E-state index in [1.807, 2.05) is 6.33 Å². The van der Waals surface area contributed by atoms with E-state index in [0.29, 0.717) is 0 Å². The van der Waals surface area contributed by atoms with Crippen LogP contribution in [0.15, 0.2) is 36.7 Å². The van der Waals surface area contributed by atoms with E-state index in [9.17, 15) is 0 Å². The number of aromatic nitrogens is 2. The van der Waals surface area contributed by atoms with Gasteiger partial charge in [-0.25, -0.2) is 4.98 Å². The molecule has 1 aromatic heterocycles. The number of hydrogen-bond donors (Lipinski definition) is 1. The van der Waals surface area contributed by atoms with Crippen molar-refractivity contribution < 1.29 is 0 Å². The summed E-state index contributed by atoms with van der Waals surface area (Å²) in [5.41, 5.74) is 4.07. The first-order valence-corrected chi connectivity index (χ1v) is 8.90. The van der Waals surface area contributed by atoms with Crippen LogP contribution in [0, 0.1) is 0 Å². The number of hydrogen-bond acceptors (Lipinski definition) is 3. The molecule has 23 heavy (non-hydrogen) atoms. The third kappa shape index (κ3) is 3.48. The predicted octanol–water partition coefficient (Wildman–Crippen LogP) is 2.47. The molecular formula is C19H26N4. The maximum absolute atomic E-state index is 4.41. The molecule has 0 radical (unpaired) electrons. The highest BCUT2D eigenvalue weighted by atomic mass is 15.2. The average Bonchev–Trinajstić information content (AvgIpc) is 3.09. The normalized spacial score (nSPS) is 20.5. The highest BCUT2D eigenvalue weighted by Gasteiger charge is 2.27. The minimum atomic E-state index is 0.749. The van der Waals surface area contributed by atoms with Gasteiger partial charge in [-0.2, -0.15) is 0 Å². The van der Waals surface area contributed by atoms with Crippen LogP contribution in [0.5, 0.6) is 0 Å². The number of likely N-dealkylation sites (tertiary alicyclic amines) is 1. The highest BCUT2D eigenvalue weighted by molar-refractivity contribution is 5.15. The fourth-order valence-corrected chi connectivity index (χ4v) is 3.98. The summed E-state index contributed by atoms with van der Waals surface area (Å²) in [7, 11) is 0. The Labute approximate surface area is 138 Å². The summed E-state index contributed by atoms with van der Waals surface area (Å²) in [5, 5.41) is 0. The lowest BCUT2D eigenvalue weighted by Crippen LogP contribution is -2.47. The second-order valence-electron chi connectivity index (χ2n) is 6.86. The van der Waals surface area contributed by atoms with Crippen molar-refractivity contribution in [1.82, 2.24) is 19.8 Å². The molecule has 0 bridgehead atoms. The standard InChI is InChI=1S/C19H26N4/c1-2-4-16(5-3-1)6-10-22-11-7-17(8-12-22)23-13-9-18-19(14-23)21-15-20-18/h1-5,15,17H,6-14H2,(H,20,21). The Morgan fingerprint density at radius 2 is 1.91 bits per heavy atom. The van der Waals surface area contributed by atoms with Crippen LogP contribution in [0.3, 0.4) is 0 Å². The number of nitrogens with zero attached hydrogens (tertiary/aromatic N) is 3. The maximum atomic E-state index is 4.41. The predicted molar refractivity (Wildman–Crippen MR) is 92.3 cm³/mol. The van der Waals surface area contributed by atoms with E-state index < -0.39 is 0 Å². The number of nitrogens with one attached hydrogen (secondary N) is 1. The summed E-state index contributed by atoms with van der Waals surface area (Å²) in [6, 6.07) is 11.6. The summed E-state index contributed by atoms with van der Waals surface area (Å²) in [5.74, 6) is 0. The van der Waals surface area contributed by atoms with Gasteiger partial charge in [-0.05, 0) is 37.9 Å². The molecule has 1 fully saturated rings. The molecule has 0 unspecified atom stereocenters. The monoisotopic (exact) mass is 310 g/mol. The van der Waals surface area contributed by atoms with Crippen molar-refractivity contribution in [3.8, 4) is 0 Å². The SMILES string of the molecule is c1ccc(CCN2CCC(N3CCc4nc[nH]c4C3)CC2)cc1. The number of aromatic amines is 1. The van der Waals surface area contributed by atoms with Crippen molar-refractivity contribution in [2.24, 2.45) is 0 Å². The van der Waals surface area contributed by atoms with Crippen molar-refractivity contribution in [2.45, 2.75) is 38.3 Å². The number of benzene rings is 1. The molecule has 1 saturated heterocycles. The van der Waals surface area contributed by atoms with E-state index in [2.05, 4.69) is 50.1 Å². The Bertz CT molecular complexity index is 613. The van der Waals surface area contributed by atoms with E-state index in [-0.39, 0.29) is 0 Å². The fourth-order valence-electron chi connectivity index (χ4n) is 3.98. The van der Waals surface area contributed by atoms with Crippen LogP contribution in [0.25, 0.3) is 0 Å².